The third-order valence-corrected chi connectivity index (χ3v) is 5.89. The maximum Gasteiger partial charge on any atom is 0.239 e. The minimum absolute atomic E-state index is 0.00578. The predicted octanol–water partition coefficient (Wildman–Crippen LogP) is 3.09. The monoisotopic (exact) mass is 329 g/mol. The maximum absolute atomic E-state index is 12.7. The van der Waals surface area contributed by atoms with E-state index in [-0.39, 0.29) is 11.5 Å². The lowest BCUT2D eigenvalue weighted by molar-refractivity contribution is 0.101. The summed E-state index contributed by atoms with van der Waals surface area (Å²) >= 11 is 0. The van der Waals surface area contributed by atoms with Crippen LogP contribution in [0.1, 0.15) is 34.0 Å². The molecular weight excluding hydrogens is 310 g/mol. The molecule has 4 nitrogen and oxygen atoms in total. The summed E-state index contributed by atoms with van der Waals surface area (Å²) in [6.07, 6.45) is 0.642. The van der Waals surface area contributed by atoms with Crippen molar-refractivity contribution in [1.82, 2.24) is 0 Å². The SMILES string of the molecule is CC(=O)c1ccc2c(c1)CCN2S(=O)(=O)Cc1ccc(C)cc1. The Bertz CT molecular complexity index is 854. The summed E-state index contributed by atoms with van der Waals surface area (Å²) in [5, 5.41) is 0. The zero-order valence-electron chi connectivity index (χ0n) is 13.2. The van der Waals surface area contributed by atoms with Crippen molar-refractivity contribution >= 4 is 21.5 Å². The van der Waals surface area contributed by atoms with Gasteiger partial charge in [-0.2, -0.15) is 0 Å². The molecule has 0 radical (unpaired) electrons. The van der Waals surface area contributed by atoms with Crippen molar-refractivity contribution in [2.75, 3.05) is 10.8 Å². The van der Waals surface area contributed by atoms with Gasteiger partial charge in [0.25, 0.3) is 0 Å². The van der Waals surface area contributed by atoms with Gasteiger partial charge in [0.05, 0.1) is 11.4 Å². The minimum atomic E-state index is -3.42. The highest BCUT2D eigenvalue weighted by molar-refractivity contribution is 7.92. The Balaban J connectivity index is 1.88. The van der Waals surface area contributed by atoms with Gasteiger partial charge in [0, 0.05) is 12.1 Å². The number of nitrogens with zero attached hydrogens (tertiary/aromatic N) is 1. The van der Waals surface area contributed by atoms with Gasteiger partial charge in [0.15, 0.2) is 5.78 Å². The molecule has 0 unspecified atom stereocenters. The second kappa shape index (κ2) is 5.81. The van der Waals surface area contributed by atoms with Gasteiger partial charge in [-0.05, 0) is 49.6 Å². The number of rotatable bonds is 4. The lowest BCUT2D eigenvalue weighted by Crippen LogP contribution is -2.30. The first-order chi connectivity index (χ1) is 10.9. The zero-order chi connectivity index (χ0) is 16.6. The third-order valence-electron chi connectivity index (χ3n) is 4.14. The summed E-state index contributed by atoms with van der Waals surface area (Å²) in [6.45, 7) is 3.93. The number of fused-ring (bicyclic) bond motifs is 1. The number of hydrogen-bond acceptors (Lipinski definition) is 3. The Kier molecular flexibility index (Phi) is 3.98. The van der Waals surface area contributed by atoms with E-state index in [1.54, 1.807) is 18.2 Å². The number of ketones is 1. The van der Waals surface area contributed by atoms with Gasteiger partial charge in [-0.15, -0.1) is 0 Å². The highest BCUT2D eigenvalue weighted by Gasteiger charge is 2.29. The Morgan fingerprint density at radius 2 is 1.83 bits per heavy atom. The summed E-state index contributed by atoms with van der Waals surface area (Å²) < 4.78 is 26.9. The van der Waals surface area contributed by atoms with Crippen LogP contribution in [-0.4, -0.2) is 20.7 Å². The summed E-state index contributed by atoms with van der Waals surface area (Å²) in [5.74, 6) is -0.0185. The predicted molar refractivity (Wildman–Crippen MR) is 91.3 cm³/mol. The van der Waals surface area contributed by atoms with E-state index in [4.69, 9.17) is 0 Å². The molecule has 0 fully saturated rings. The Morgan fingerprint density at radius 1 is 1.13 bits per heavy atom. The van der Waals surface area contributed by atoms with Gasteiger partial charge in [0.2, 0.25) is 10.0 Å². The Hall–Kier alpha value is -2.14. The first-order valence-electron chi connectivity index (χ1n) is 7.57. The van der Waals surface area contributed by atoms with Crippen LogP contribution in [0.4, 0.5) is 5.69 Å². The molecule has 120 valence electrons. The van der Waals surface area contributed by atoms with Gasteiger partial charge in [-0.25, -0.2) is 8.42 Å². The van der Waals surface area contributed by atoms with Crippen molar-refractivity contribution < 1.29 is 13.2 Å². The largest absolute Gasteiger partial charge is 0.295 e. The quantitative estimate of drug-likeness (QED) is 0.810. The molecule has 23 heavy (non-hydrogen) atoms. The van der Waals surface area contributed by atoms with Crippen molar-refractivity contribution in [3.63, 3.8) is 0 Å². The standard InChI is InChI=1S/C18H19NO3S/c1-13-3-5-15(6-4-13)12-23(21,22)19-10-9-17-11-16(14(2)20)7-8-18(17)19/h3-8,11H,9-10,12H2,1-2H3. The van der Waals surface area contributed by atoms with E-state index in [0.717, 1.165) is 16.7 Å². The number of sulfonamides is 1. The molecule has 0 saturated heterocycles. The molecule has 2 aromatic carbocycles. The molecule has 3 rings (SSSR count). The number of aryl methyl sites for hydroxylation is 1. The average Bonchev–Trinajstić information content (AvgIpc) is 2.93. The van der Waals surface area contributed by atoms with E-state index < -0.39 is 10.0 Å². The van der Waals surface area contributed by atoms with E-state index >= 15 is 0 Å². The van der Waals surface area contributed by atoms with E-state index in [2.05, 4.69) is 0 Å². The first-order valence-corrected chi connectivity index (χ1v) is 9.17. The fourth-order valence-electron chi connectivity index (χ4n) is 2.85. The van der Waals surface area contributed by atoms with Crippen LogP contribution in [0.5, 0.6) is 0 Å². The van der Waals surface area contributed by atoms with Crippen LogP contribution in [-0.2, 0) is 22.2 Å². The van der Waals surface area contributed by atoms with Gasteiger partial charge in [-0.3, -0.25) is 9.10 Å². The van der Waals surface area contributed by atoms with Gasteiger partial charge in [-0.1, -0.05) is 29.8 Å². The van der Waals surface area contributed by atoms with E-state index in [1.165, 1.54) is 11.2 Å². The number of carbonyl (C=O) groups excluding carboxylic acids is 1. The molecule has 0 saturated carbocycles. The summed E-state index contributed by atoms with van der Waals surface area (Å²) in [7, 11) is -3.42. The van der Waals surface area contributed by atoms with Crippen LogP contribution in [0.15, 0.2) is 42.5 Å². The van der Waals surface area contributed by atoms with Gasteiger partial charge >= 0.3 is 0 Å². The fourth-order valence-corrected chi connectivity index (χ4v) is 4.47. The number of hydrogen-bond donors (Lipinski definition) is 0. The van der Waals surface area contributed by atoms with Crippen molar-refractivity contribution in [2.45, 2.75) is 26.0 Å². The maximum atomic E-state index is 12.7. The summed E-state index contributed by atoms with van der Waals surface area (Å²) in [6, 6.07) is 12.8. The summed E-state index contributed by atoms with van der Waals surface area (Å²) in [4.78, 5) is 11.5. The molecule has 0 aliphatic carbocycles. The highest BCUT2D eigenvalue weighted by Crippen LogP contribution is 2.32. The molecule has 0 bridgehead atoms. The van der Waals surface area contributed by atoms with Crippen molar-refractivity contribution in [1.29, 1.82) is 0 Å². The van der Waals surface area contributed by atoms with Crippen LogP contribution in [0.3, 0.4) is 0 Å². The van der Waals surface area contributed by atoms with Gasteiger partial charge in [0.1, 0.15) is 0 Å². The lowest BCUT2D eigenvalue weighted by Gasteiger charge is -2.19. The van der Waals surface area contributed by atoms with E-state index in [9.17, 15) is 13.2 Å². The van der Waals surface area contributed by atoms with Crippen molar-refractivity contribution in [2.24, 2.45) is 0 Å². The third kappa shape index (κ3) is 3.15. The molecule has 0 amide bonds. The normalized spacial score (nSPS) is 13.9. The highest BCUT2D eigenvalue weighted by atomic mass is 32.2. The zero-order valence-corrected chi connectivity index (χ0v) is 14.1. The van der Waals surface area contributed by atoms with E-state index in [1.807, 2.05) is 31.2 Å². The average molecular weight is 329 g/mol. The molecule has 0 spiro atoms. The molecule has 5 heteroatoms. The molecule has 0 atom stereocenters. The van der Waals surface area contributed by atoms with Crippen LogP contribution >= 0.6 is 0 Å². The number of Topliss-reactive ketones (excluding diaryl/α,β-unsaturated/α-hetero) is 1. The van der Waals surface area contributed by atoms with Gasteiger partial charge < -0.3 is 0 Å². The minimum Gasteiger partial charge on any atom is -0.295 e. The number of anilines is 1. The molecule has 0 N–H and O–H groups in total. The van der Waals surface area contributed by atoms with Crippen LogP contribution in [0, 0.1) is 6.92 Å². The molecule has 1 heterocycles. The molecular formula is C18H19NO3S. The van der Waals surface area contributed by atoms with Crippen LogP contribution < -0.4 is 4.31 Å². The van der Waals surface area contributed by atoms with E-state index in [0.29, 0.717) is 24.2 Å². The van der Waals surface area contributed by atoms with Crippen molar-refractivity contribution in [3.8, 4) is 0 Å². The topological polar surface area (TPSA) is 54.5 Å². The molecule has 1 aliphatic rings. The first kappa shape index (κ1) is 15.7. The molecule has 1 aliphatic heterocycles. The Morgan fingerprint density at radius 3 is 2.48 bits per heavy atom. The van der Waals surface area contributed by atoms with Crippen molar-refractivity contribution in [3.05, 3.63) is 64.7 Å². The number of benzene rings is 2. The lowest BCUT2D eigenvalue weighted by atomic mass is 10.1. The van der Waals surface area contributed by atoms with Crippen LogP contribution in [0.25, 0.3) is 0 Å². The molecule has 0 aromatic heterocycles. The summed E-state index contributed by atoms with van der Waals surface area (Å²) in [5.41, 5.74) is 4.13. The second-order valence-corrected chi connectivity index (χ2v) is 7.86. The smallest absolute Gasteiger partial charge is 0.239 e. The second-order valence-electron chi connectivity index (χ2n) is 5.96. The molecule has 2 aromatic rings. The fraction of sp³-hybridized carbons (Fsp3) is 0.278. The number of carbonyl (C=O) groups is 1. The Labute approximate surface area is 136 Å². The van der Waals surface area contributed by atoms with Crippen LogP contribution in [0.2, 0.25) is 0 Å².